The fourth-order valence-electron chi connectivity index (χ4n) is 13.5. The average molecular weight is 1160 g/mol. The lowest BCUT2D eigenvalue weighted by Gasteiger charge is -2.34. The van der Waals surface area contributed by atoms with Gasteiger partial charge in [0.05, 0.1) is 0 Å². The first-order valence-corrected chi connectivity index (χ1v) is 31.5. The molecule has 0 bridgehead atoms. The van der Waals surface area contributed by atoms with E-state index in [0.717, 1.165) is 70.0 Å². The van der Waals surface area contributed by atoms with Crippen LogP contribution in [0.25, 0.3) is 72.4 Å². The number of hydrogen-bond acceptors (Lipinski definition) is 2. The summed E-state index contributed by atoms with van der Waals surface area (Å²) in [6.07, 6.45) is 20.6. The van der Waals surface area contributed by atoms with Gasteiger partial charge in [0.25, 0.3) is 0 Å². The number of benzene rings is 11. The molecule has 11 aromatic carbocycles. The minimum absolute atomic E-state index is 0.164. The minimum atomic E-state index is -0.327. The van der Waals surface area contributed by atoms with Crippen molar-refractivity contribution in [2.24, 2.45) is 0 Å². The highest BCUT2D eigenvalue weighted by Gasteiger charge is 2.37. The molecule has 434 valence electrons. The molecule has 1 atom stereocenters. The maximum atomic E-state index is 4.33. The number of nitrogens with zero attached hydrogens (tertiary/aromatic N) is 2. The number of allylic oxidation sites excluding steroid dienone is 11. The monoisotopic (exact) mass is 1160 g/mol. The van der Waals surface area contributed by atoms with Crippen LogP contribution in [0.5, 0.6) is 0 Å². The third-order valence-electron chi connectivity index (χ3n) is 18.7. The Morgan fingerprint density at radius 2 is 0.867 bits per heavy atom. The summed E-state index contributed by atoms with van der Waals surface area (Å²) in [5.41, 5.74) is 29.4. The predicted octanol–water partition coefficient (Wildman–Crippen LogP) is 24.1. The van der Waals surface area contributed by atoms with Gasteiger partial charge in [-0.05, 0) is 198 Å². The molecule has 0 radical (unpaired) electrons. The van der Waals surface area contributed by atoms with E-state index in [1.54, 1.807) is 6.08 Å². The highest BCUT2D eigenvalue weighted by atomic mass is 15.2. The molecule has 0 aliphatic heterocycles. The average Bonchev–Trinajstić information content (AvgIpc) is 1.58. The van der Waals surface area contributed by atoms with Crippen LogP contribution in [0, 0.1) is 0 Å². The van der Waals surface area contributed by atoms with Gasteiger partial charge in [0.2, 0.25) is 0 Å². The summed E-state index contributed by atoms with van der Waals surface area (Å²) in [5.74, 6) is 0. The van der Waals surface area contributed by atoms with Crippen LogP contribution in [0.2, 0.25) is 0 Å². The van der Waals surface area contributed by atoms with Gasteiger partial charge in [-0.1, -0.05) is 283 Å². The van der Waals surface area contributed by atoms with Gasteiger partial charge in [0.15, 0.2) is 0 Å². The van der Waals surface area contributed by atoms with Crippen LogP contribution in [-0.4, -0.2) is 0 Å². The van der Waals surface area contributed by atoms with E-state index < -0.39 is 0 Å². The van der Waals surface area contributed by atoms with Gasteiger partial charge in [-0.15, -0.1) is 0 Å². The summed E-state index contributed by atoms with van der Waals surface area (Å²) in [4.78, 5) is 4.89. The SMILES string of the molecule is C=C/C=C\C(=C)c1cccc(-c2ccc(N(c3ccc(-c4ccc(-c5ccccc5)cc4)cc3)c3ccc4c(c3)C(C)(C)c3cc(N(C5=CCC(C)(c6ccc(-c7ccccc7)cc6)C=C5)c5ccc(C6=CC(c7ccccc7)=CCC6)cc5)ccc3-4)cc2)c1. The molecule has 2 nitrogen and oxygen atoms in total. The van der Waals surface area contributed by atoms with Gasteiger partial charge in [0.1, 0.15) is 0 Å². The predicted molar refractivity (Wildman–Crippen MR) is 385 cm³/mol. The first kappa shape index (κ1) is 57.0. The number of anilines is 5. The minimum Gasteiger partial charge on any atom is -0.311 e. The van der Waals surface area contributed by atoms with Crippen molar-refractivity contribution in [1.29, 1.82) is 0 Å². The van der Waals surface area contributed by atoms with Crippen LogP contribution in [0.15, 0.2) is 340 Å². The Kier molecular flexibility index (Phi) is 15.4. The third-order valence-corrected chi connectivity index (χ3v) is 18.7. The lowest BCUT2D eigenvalue weighted by molar-refractivity contribution is 0.595. The molecule has 3 aliphatic rings. The van der Waals surface area contributed by atoms with Gasteiger partial charge in [-0.3, -0.25) is 0 Å². The summed E-state index contributed by atoms with van der Waals surface area (Å²) in [5, 5.41) is 0. The summed E-state index contributed by atoms with van der Waals surface area (Å²) < 4.78 is 0. The zero-order valence-corrected chi connectivity index (χ0v) is 51.5. The molecule has 3 aliphatic carbocycles. The molecule has 2 heteroatoms. The van der Waals surface area contributed by atoms with Crippen molar-refractivity contribution in [2.45, 2.75) is 50.9 Å². The van der Waals surface area contributed by atoms with Crippen LogP contribution < -0.4 is 9.80 Å². The zero-order chi connectivity index (χ0) is 61.2. The van der Waals surface area contributed by atoms with E-state index >= 15 is 0 Å². The Balaban J connectivity index is 0.809. The smallest absolute Gasteiger partial charge is 0.0465 e. The van der Waals surface area contributed by atoms with E-state index in [4.69, 9.17) is 0 Å². The molecule has 0 saturated carbocycles. The van der Waals surface area contributed by atoms with Crippen LogP contribution in [0.4, 0.5) is 28.4 Å². The van der Waals surface area contributed by atoms with Gasteiger partial charge in [-0.2, -0.15) is 0 Å². The maximum Gasteiger partial charge on any atom is 0.0465 e. The normalized spacial score (nSPS) is 15.5. The Hall–Kier alpha value is -10.8. The molecule has 0 amide bonds. The lowest BCUT2D eigenvalue weighted by Crippen LogP contribution is -2.24. The molecule has 11 aromatic rings. The van der Waals surface area contributed by atoms with Gasteiger partial charge in [-0.25, -0.2) is 0 Å². The fraction of sp³-hybridized carbons (Fsp3) is 0.0909. The Labute approximate surface area is 532 Å². The van der Waals surface area contributed by atoms with Crippen LogP contribution in [0.1, 0.15) is 73.4 Å². The van der Waals surface area contributed by atoms with E-state index in [2.05, 4.69) is 347 Å². The number of fused-ring (bicyclic) bond motifs is 3. The van der Waals surface area contributed by atoms with Crippen LogP contribution >= 0.6 is 0 Å². The molecular formula is C88H72N2. The Morgan fingerprint density at radius 3 is 1.39 bits per heavy atom. The summed E-state index contributed by atoms with van der Waals surface area (Å²) in [6.45, 7) is 15.4. The lowest BCUT2D eigenvalue weighted by atomic mass is 9.76. The van der Waals surface area contributed by atoms with Crippen LogP contribution in [0.3, 0.4) is 0 Å². The number of hydrogen-bond donors (Lipinski definition) is 0. The van der Waals surface area contributed by atoms with Crippen molar-refractivity contribution < 1.29 is 0 Å². The van der Waals surface area contributed by atoms with Crippen molar-refractivity contribution in [3.05, 3.63) is 374 Å². The topological polar surface area (TPSA) is 6.48 Å². The molecule has 0 saturated heterocycles. The van der Waals surface area contributed by atoms with E-state index in [-0.39, 0.29) is 10.8 Å². The molecule has 0 fully saturated rings. The molecule has 90 heavy (non-hydrogen) atoms. The van der Waals surface area contributed by atoms with Crippen LogP contribution in [-0.2, 0) is 10.8 Å². The molecule has 0 spiro atoms. The second kappa shape index (κ2) is 24.4. The molecular weight excluding hydrogens is 1080 g/mol. The van der Waals surface area contributed by atoms with E-state index in [1.165, 1.54) is 89.2 Å². The van der Waals surface area contributed by atoms with Gasteiger partial charge >= 0.3 is 0 Å². The maximum absolute atomic E-state index is 4.33. The fourth-order valence-corrected chi connectivity index (χ4v) is 13.5. The highest BCUT2D eigenvalue weighted by Crippen LogP contribution is 2.53. The standard InChI is InChI=1S/C88H72N2/c1-6-7-19-62(2)72-26-17-27-73(58-72)70-38-46-78(47-39-70)89(77-44-36-69(37-45-77)67-32-30-66(31-33-67)63-20-11-8-12-21-63)81-50-52-83-84-53-51-82(61-86(84)87(3,4)85(83)60-81)90(79-48-40-71(41-49-79)75-29-18-28-74(59-75)65-24-15-10-16-25-65)80-54-56-88(5,57-55-80)76-42-34-68(35-43-76)64-22-13-9-14-23-64/h6-17,19-28,30-56,58-61H,1-2,18,29,57H2,3-5H3/b19-7-. The zero-order valence-electron chi connectivity index (χ0n) is 51.5. The largest absolute Gasteiger partial charge is 0.311 e. The molecule has 0 aromatic heterocycles. The van der Waals surface area contributed by atoms with Gasteiger partial charge < -0.3 is 9.80 Å². The Bertz CT molecular complexity index is 4620. The van der Waals surface area contributed by atoms with E-state index in [0.29, 0.717) is 0 Å². The second-order valence-electron chi connectivity index (χ2n) is 24.8. The molecule has 1 unspecified atom stereocenters. The van der Waals surface area contributed by atoms with Crippen molar-refractivity contribution in [1.82, 2.24) is 0 Å². The molecule has 14 rings (SSSR count). The van der Waals surface area contributed by atoms with Crippen molar-refractivity contribution in [3.63, 3.8) is 0 Å². The van der Waals surface area contributed by atoms with E-state index in [9.17, 15) is 0 Å². The summed E-state index contributed by atoms with van der Waals surface area (Å²) >= 11 is 0. The highest BCUT2D eigenvalue weighted by molar-refractivity contribution is 5.90. The quantitative estimate of drug-likeness (QED) is 0.0890. The second-order valence-corrected chi connectivity index (χ2v) is 24.8. The molecule has 0 heterocycles. The van der Waals surface area contributed by atoms with Crippen molar-refractivity contribution >= 4 is 45.2 Å². The first-order chi connectivity index (χ1) is 44.1. The first-order valence-electron chi connectivity index (χ1n) is 31.5. The van der Waals surface area contributed by atoms with Gasteiger partial charge in [0, 0.05) is 45.0 Å². The Morgan fingerprint density at radius 1 is 0.422 bits per heavy atom. The third kappa shape index (κ3) is 11.3. The summed E-state index contributed by atoms with van der Waals surface area (Å²) in [6, 6.07) is 100. The number of rotatable bonds is 16. The molecule has 0 N–H and O–H groups in total. The van der Waals surface area contributed by atoms with Crippen molar-refractivity contribution in [2.75, 3.05) is 9.80 Å². The van der Waals surface area contributed by atoms with E-state index in [1.807, 2.05) is 12.2 Å². The summed E-state index contributed by atoms with van der Waals surface area (Å²) in [7, 11) is 0. The van der Waals surface area contributed by atoms with Crippen molar-refractivity contribution in [3.8, 4) is 55.6 Å².